The van der Waals surface area contributed by atoms with Crippen molar-refractivity contribution in [3.63, 3.8) is 0 Å². The maximum Gasteiger partial charge on any atom is 0.320 e. The molecule has 3 fully saturated rings. The molecule has 1 N–H and O–H groups in total. The van der Waals surface area contributed by atoms with Crippen molar-refractivity contribution in [1.29, 1.82) is 0 Å². The molecule has 3 aliphatic heterocycles. The predicted octanol–water partition coefficient (Wildman–Crippen LogP) is 4.23. The van der Waals surface area contributed by atoms with Crippen LogP contribution in [0.5, 0.6) is 0 Å². The Kier molecular flexibility index (Phi) is 6.40. The number of nitrogens with zero attached hydrogens (tertiary/aromatic N) is 4. The van der Waals surface area contributed by atoms with Gasteiger partial charge in [-0.25, -0.2) is 4.79 Å². The summed E-state index contributed by atoms with van der Waals surface area (Å²) in [4.78, 5) is 24.4. The number of rotatable bonds is 8. The highest BCUT2D eigenvalue weighted by Gasteiger charge is 2.36. The zero-order valence-corrected chi connectivity index (χ0v) is 21.0. The summed E-state index contributed by atoms with van der Waals surface area (Å²) in [6.45, 7) is 6.22. The van der Waals surface area contributed by atoms with E-state index in [1.807, 2.05) is 16.0 Å². The smallest absolute Gasteiger partial charge is 0.320 e. The highest BCUT2D eigenvalue weighted by molar-refractivity contribution is 5.76. The van der Waals surface area contributed by atoms with Gasteiger partial charge in [0.1, 0.15) is 0 Å². The summed E-state index contributed by atoms with van der Waals surface area (Å²) >= 11 is 0. The summed E-state index contributed by atoms with van der Waals surface area (Å²) in [5.41, 5.74) is 5.21. The quantitative estimate of drug-likeness (QED) is 0.623. The first-order valence-electron chi connectivity index (χ1n) is 13.7. The van der Waals surface area contributed by atoms with Crippen LogP contribution in [0, 0.1) is 5.92 Å². The first-order valence-corrected chi connectivity index (χ1v) is 13.7. The van der Waals surface area contributed by atoms with Gasteiger partial charge in [0.05, 0.1) is 24.1 Å². The van der Waals surface area contributed by atoms with Crippen LogP contribution in [-0.4, -0.2) is 65.1 Å². The highest BCUT2D eigenvalue weighted by Crippen LogP contribution is 2.38. The summed E-state index contributed by atoms with van der Waals surface area (Å²) in [5, 5.41) is 3.75. The second-order valence-electron chi connectivity index (χ2n) is 11.3. The zero-order chi connectivity index (χ0) is 23.8. The number of nitrogens with one attached hydrogen (secondary N) is 1. The minimum Gasteiger partial charge on any atom is -0.364 e. The maximum atomic E-state index is 13.1. The van der Waals surface area contributed by atoms with E-state index in [-0.39, 0.29) is 6.03 Å². The molecule has 2 amide bonds. The fourth-order valence-corrected chi connectivity index (χ4v) is 6.86. The Hall–Kier alpha value is -2.60. The Labute approximate surface area is 209 Å². The lowest BCUT2D eigenvalue weighted by Gasteiger charge is -2.36. The van der Waals surface area contributed by atoms with Crippen molar-refractivity contribution in [2.75, 3.05) is 31.1 Å². The van der Waals surface area contributed by atoms with Crippen LogP contribution in [0.4, 0.5) is 10.5 Å². The number of hydrogen-bond acceptors (Lipinski definition) is 4. The second-order valence-corrected chi connectivity index (χ2v) is 11.3. The van der Waals surface area contributed by atoms with Crippen molar-refractivity contribution < 1.29 is 4.79 Å². The molecule has 3 saturated heterocycles. The van der Waals surface area contributed by atoms with E-state index in [0.717, 1.165) is 44.7 Å². The Morgan fingerprint density at radius 3 is 2.37 bits per heavy atom. The molecule has 2 aromatic rings. The third kappa shape index (κ3) is 4.77. The number of fused-ring (bicyclic) bond motifs is 3. The Balaban J connectivity index is 0.971. The monoisotopic (exact) mass is 473 g/mol. The normalized spacial score (nSPS) is 24.9. The second kappa shape index (κ2) is 9.81. The highest BCUT2D eigenvalue weighted by atomic mass is 16.2. The van der Waals surface area contributed by atoms with Gasteiger partial charge in [-0.3, -0.25) is 4.98 Å². The van der Waals surface area contributed by atoms with Gasteiger partial charge in [0.15, 0.2) is 0 Å². The van der Waals surface area contributed by atoms with Crippen LogP contribution < -0.4 is 10.2 Å². The third-order valence-corrected chi connectivity index (χ3v) is 8.67. The van der Waals surface area contributed by atoms with Crippen LogP contribution in [0.1, 0.15) is 55.8 Å². The van der Waals surface area contributed by atoms with Gasteiger partial charge < -0.3 is 20.0 Å². The number of carbonyl (C=O) groups excluding carboxylic acids is 1. The van der Waals surface area contributed by atoms with E-state index in [0.29, 0.717) is 30.6 Å². The number of urea groups is 1. The van der Waals surface area contributed by atoms with E-state index in [1.165, 1.54) is 48.9 Å². The molecule has 0 radical (unpaired) electrons. The number of amides is 2. The van der Waals surface area contributed by atoms with Gasteiger partial charge in [-0.05, 0) is 80.7 Å². The average Bonchev–Trinajstić information content (AvgIpc) is 3.52. The largest absolute Gasteiger partial charge is 0.364 e. The predicted molar refractivity (Wildman–Crippen MR) is 140 cm³/mol. The first-order chi connectivity index (χ1) is 17.1. The van der Waals surface area contributed by atoms with Crippen molar-refractivity contribution >= 4 is 11.7 Å². The topological polar surface area (TPSA) is 51.7 Å². The molecule has 4 heterocycles. The molecule has 3 unspecified atom stereocenters. The van der Waals surface area contributed by atoms with E-state index in [1.54, 1.807) is 0 Å². The zero-order valence-electron chi connectivity index (χ0n) is 21.0. The van der Waals surface area contributed by atoms with E-state index in [2.05, 4.69) is 53.5 Å². The molecule has 35 heavy (non-hydrogen) atoms. The number of hydrogen-bond donors (Lipinski definition) is 1. The summed E-state index contributed by atoms with van der Waals surface area (Å²) < 4.78 is 0. The number of carbonyl (C=O) groups is 1. The van der Waals surface area contributed by atoms with Crippen LogP contribution in [0.15, 0.2) is 42.6 Å². The van der Waals surface area contributed by atoms with E-state index in [9.17, 15) is 4.79 Å². The van der Waals surface area contributed by atoms with Crippen molar-refractivity contribution in [2.24, 2.45) is 5.92 Å². The maximum absolute atomic E-state index is 13.1. The number of benzene rings is 1. The fourth-order valence-electron chi connectivity index (χ4n) is 6.86. The molecule has 186 valence electrons. The number of anilines is 1. The van der Waals surface area contributed by atoms with Crippen LogP contribution in [0.3, 0.4) is 0 Å². The summed E-state index contributed by atoms with van der Waals surface area (Å²) in [6.07, 6.45) is 10.9. The Morgan fingerprint density at radius 1 is 0.971 bits per heavy atom. The van der Waals surface area contributed by atoms with Crippen molar-refractivity contribution in [3.05, 3.63) is 59.4 Å². The van der Waals surface area contributed by atoms with Crippen LogP contribution in [0.2, 0.25) is 0 Å². The lowest BCUT2D eigenvalue weighted by molar-refractivity contribution is 0.184. The molecule has 6 nitrogen and oxygen atoms in total. The summed E-state index contributed by atoms with van der Waals surface area (Å²) in [6, 6.07) is 15.2. The molecular weight excluding hydrogens is 434 g/mol. The Bertz CT molecular complexity index is 999. The molecule has 4 aliphatic rings. The lowest BCUT2D eigenvalue weighted by Crippen LogP contribution is -2.40. The summed E-state index contributed by atoms with van der Waals surface area (Å²) in [5.74, 6) is 0.430. The van der Waals surface area contributed by atoms with Crippen molar-refractivity contribution in [2.45, 2.75) is 76.5 Å². The number of piperidine rings is 1. The third-order valence-electron chi connectivity index (χ3n) is 8.67. The Morgan fingerprint density at radius 2 is 1.69 bits per heavy atom. The van der Waals surface area contributed by atoms with Gasteiger partial charge in [0.2, 0.25) is 0 Å². The van der Waals surface area contributed by atoms with E-state index in [4.69, 9.17) is 4.98 Å². The summed E-state index contributed by atoms with van der Waals surface area (Å²) in [7, 11) is 0. The molecule has 6 rings (SSSR count). The van der Waals surface area contributed by atoms with Gasteiger partial charge in [0.25, 0.3) is 0 Å². The molecule has 1 aromatic carbocycles. The number of pyridine rings is 1. The van der Waals surface area contributed by atoms with Gasteiger partial charge in [-0.15, -0.1) is 0 Å². The van der Waals surface area contributed by atoms with Crippen LogP contribution in [-0.2, 0) is 19.4 Å². The average molecular weight is 474 g/mol. The molecule has 6 heteroatoms. The van der Waals surface area contributed by atoms with Crippen LogP contribution >= 0.6 is 0 Å². The van der Waals surface area contributed by atoms with E-state index < -0.39 is 0 Å². The molecule has 1 aromatic heterocycles. The standard InChI is InChI=1S/C29H39N5O/c1-21(17-30-25-15-22-5-2-3-6-23(22)16-25)19-32-13-14-33(29(32)35)20-24-9-10-28(18-31-24)34-26-7-4-8-27(34)12-11-26/h2-3,5-6,9-10,18,21,25-27,30H,4,7-8,11-17,19-20H2,1H3. The fraction of sp³-hybridized carbons (Fsp3) is 0.586. The van der Waals surface area contributed by atoms with Gasteiger partial charge in [-0.2, -0.15) is 0 Å². The molecule has 1 aliphatic carbocycles. The SMILES string of the molecule is CC(CNC1Cc2ccccc2C1)CN1CCN(Cc2ccc(N3C4CCCC3CC4)cn2)C1=O. The number of aromatic nitrogens is 1. The molecular formula is C29H39N5O. The van der Waals surface area contributed by atoms with Gasteiger partial charge in [-0.1, -0.05) is 31.2 Å². The minimum absolute atomic E-state index is 0.157. The van der Waals surface area contributed by atoms with Crippen molar-refractivity contribution in [1.82, 2.24) is 20.1 Å². The van der Waals surface area contributed by atoms with Crippen molar-refractivity contribution in [3.8, 4) is 0 Å². The van der Waals surface area contributed by atoms with Gasteiger partial charge >= 0.3 is 6.03 Å². The van der Waals surface area contributed by atoms with Crippen LogP contribution in [0.25, 0.3) is 0 Å². The lowest BCUT2D eigenvalue weighted by atomic mass is 10.0. The van der Waals surface area contributed by atoms with Gasteiger partial charge in [0, 0.05) is 37.8 Å². The first kappa shape index (κ1) is 22.8. The minimum atomic E-state index is 0.157. The molecule has 2 bridgehead atoms. The molecule has 3 atom stereocenters. The molecule has 0 spiro atoms. The van der Waals surface area contributed by atoms with E-state index >= 15 is 0 Å². The molecule has 0 saturated carbocycles.